The van der Waals surface area contributed by atoms with Gasteiger partial charge in [-0.05, 0) is 83.5 Å². The van der Waals surface area contributed by atoms with Crippen LogP contribution < -0.4 is 0 Å². The first-order valence-electron chi connectivity index (χ1n) is 23.3. The number of rotatable bonds is 41. The third-order valence-corrected chi connectivity index (χ3v) is 9.76. The summed E-state index contributed by atoms with van der Waals surface area (Å²) >= 11 is 0. The first-order chi connectivity index (χ1) is 27.5. The van der Waals surface area contributed by atoms with Crippen LogP contribution >= 0.6 is 0 Å². The average molecular weight is 783 g/mol. The van der Waals surface area contributed by atoms with Crippen molar-refractivity contribution in [1.29, 1.82) is 0 Å². The van der Waals surface area contributed by atoms with E-state index in [9.17, 15) is 14.4 Å². The second kappa shape index (κ2) is 44.8. The molecule has 1 unspecified atom stereocenters. The number of hydrogen-bond acceptors (Lipinski definition) is 6. The van der Waals surface area contributed by atoms with Crippen LogP contribution in [-0.4, -0.2) is 37.2 Å². The van der Waals surface area contributed by atoms with Crippen molar-refractivity contribution in [2.75, 3.05) is 13.2 Å². The Morgan fingerprint density at radius 2 is 0.768 bits per heavy atom. The Labute approximate surface area is 345 Å². The molecular weight excluding hydrogens is 697 g/mol. The fraction of sp³-hybridized carbons (Fsp3) is 0.740. The zero-order chi connectivity index (χ0) is 40.8. The normalized spacial score (nSPS) is 12.6. The number of allylic oxidation sites excluding steroid dienone is 9. The maximum absolute atomic E-state index is 12.7. The Hall–Kier alpha value is -2.89. The van der Waals surface area contributed by atoms with Gasteiger partial charge >= 0.3 is 17.9 Å². The Kier molecular flexibility index (Phi) is 42.5. The molecule has 0 heterocycles. The summed E-state index contributed by atoms with van der Waals surface area (Å²) in [6.07, 6.45) is 53.8. The van der Waals surface area contributed by atoms with Crippen LogP contribution in [0.4, 0.5) is 0 Å². The largest absolute Gasteiger partial charge is 0.462 e. The molecule has 0 fully saturated rings. The molecule has 0 aromatic carbocycles. The van der Waals surface area contributed by atoms with Gasteiger partial charge in [-0.25, -0.2) is 0 Å². The minimum absolute atomic E-state index is 0.109. The smallest absolute Gasteiger partial charge is 0.309 e. The van der Waals surface area contributed by atoms with Gasteiger partial charge in [-0.1, -0.05) is 178 Å². The van der Waals surface area contributed by atoms with Gasteiger partial charge in [0, 0.05) is 12.8 Å². The summed E-state index contributed by atoms with van der Waals surface area (Å²) in [6.45, 7) is 6.38. The van der Waals surface area contributed by atoms with Crippen LogP contribution in [0.15, 0.2) is 60.8 Å². The lowest BCUT2D eigenvalue weighted by molar-refractivity contribution is -0.166. The molecule has 0 aromatic rings. The molecule has 1 atom stereocenters. The molecule has 0 radical (unpaired) electrons. The fourth-order valence-electron chi connectivity index (χ4n) is 6.26. The summed E-state index contributed by atoms with van der Waals surface area (Å²) in [5.41, 5.74) is 0. The number of unbranched alkanes of at least 4 members (excludes halogenated alkanes) is 21. The standard InChI is InChI=1S/C50H86O6/c1-4-7-10-13-16-19-21-23-25-27-28-31-34-37-40-43-49(52)55-46-47(45-54-48(51)42-39-36-33-30-18-15-12-9-6-3)56-50(53)44-41-38-35-32-29-26-24-22-20-17-14-11-8-5-2/h9,12,18-19,21,26,29-30,36,39,47H,4-8,10-11,13-17,20,22-25,27-28,31-35,37-38,40-46H2,1-3H3/b12-9-,21-19-,29-26-,30-18-,39-36-. The summed E-state index contributed by atoms with van der Waals surface area (Å²) in [4.78, 5) is 37.6. The molecule has 6 nitrogen and oxygen atoms in total. The average Bonchev–Trinajstić information content (AvgIpc) is 3.19. The van der Waals surface area contributed by atoms with Gasteiger partial charge in [0.15, 0.2) is 6.10 Å². The Balaban J connectivity index is 4.43. The fourth-order valence-corrected chi connectivity index (χ4v) is 6.26. The van der Waals surface area contributed by atoms with Crippen molar-refractivity contribution in [2.45, 2.75) is 226 Å². The summed E-state index contributed by atoms with van der Waals surface area (Å²) in [7, 11) is 0. The second-order valence-corrected chi connectivity index (χ2v) is 15.3. The lowest BCUT2D eigenvalue weighted by Crippen LogP contribution is -2.30. The highest BCUT2D eigenvalue weighted by Gasteiger charge is 2.19. The molecular formula is C50H86O6. The molecule has 0 saturated carbocycles. The van der Waals surface area contributed by atoms with Gasteiger partial charge in [-0.15, -0.1) is 0 Å². The van der Waals surface area contributed by atoms with Gasteiger partial charge in [-0.2, -0.15) is 0 Å². The molecule has 0 amide bonds. The van der Waals surface area contributed by atoms with Gasteiger partial charge in [0.2, 0.25) is 0 Å². The zero-order valence-electron chi connectivity index (χ0n) is 36.6. The third kappa shape index (κ3) is 42.3. The highest BCUT2D eigenvalue weighted by molar-refractivity contribution is 5.72. The molecule has 0 rings (SSSR count). The minimum atomic E-state index is -0.816. The summed E-state index contributed by atoms with van der Waals surface area (Å²) in [5, 5.41) is 0. The molecule has 0 aliphatic heterocycles. The van der Waals surface area contributed by atoms with Crippen molar-refractivity contribution >= 4 is 17.9 Å². The van der Waals surface area contributed by atoms with Crippen LogP contribution in [0, 0.1) is 0 Å². The highest BCUT2D eigenvalue weighted by Crippen LogP contribution is 2.13. The molecule has 322 valence electrons. The van der Waals surface area contributed by atoms with E-state index in [4.69, 9.17) is 14.2 Å². The van der Waals surface area contributed by atoms with E-state index in [-0.39, 0.29) is 31.6 Å². The number of carbonyl (C=O) groups excluding carboxylic acids is 3. The predicted molar refractivity (Wildman–Crippen MR) is 238 cm³/mol. The first kappa shape index (κ1) is 53.1. The van der Waals surface area contributed by atoms with E-state index in [0.29, 0.717) is 12.8 Å². The van der Waals surface area contributed by atoms with E-state index in [1.54, 1.807) is 6.08 Å². The van der Waals surface area contributed by atoms with Gasteiger partial charge in [0.1, 0.15) is 13.2 Å². The minimum Gasteiger partial charge on any atom is -0.462 e. The van der Waals surface area contributed by atoms with Crippen molar-refractivity contribution in [1.82, 2.24) is 0 Å². The van der Waals surface area contributed by atoms with Crippen LogP contribution in [0.25, 0.3) is 0 Å². The molecule has 6 heteroatoms. The Morgan fingerprint density at radius 3 is 1.27 bits per heavy atom. The Bertz CT molecular complexity index is 1040. The molecule has 0 aliphatic carbocycles. The summed E-state index contributed by atoms with van der Waals surface area (Å²) in [6, 6.07) is 0. The van der Waals surface area contributed by atoms with Gasteiger partial charge in [-0.3, -0.25) is 14.4 Å². The summed E-state index contributed by atoms with van der Waals surface area (Å²) in [5.74, 6) is -1.06. The van der Waals surface area contributed by atoms with E-state index in [0.717, 1.165) is 70.6 Å². The van der Waals surface area contributed by atoms with E-state index >= 15 is 0 Å². The number of carbonyl (C=O) groups is 3. The van der Waals surface area contributed by atoms with Crippen LogP contribution in [0.1, 0.15) is 220 Å². The first-order valence-corrected chi connectivity index (χ1v) is 23.3. The van der Waals surface area contributed by atoms with E-state index in [2.05, 4.69) is 69.4 Å². The van der Waals surface area contributed by atoms with Crippen molar-refractivity contribution < 1.29 is 28.6 Å². The molecule has 0 spiro atoms. The quantitative estimate of drug-likeness (QED) is 0.0266. The molecule has 0 aromatic heterocycles. The topological polar surface area (TPSA) is 78.9 Å². The van der Waals surface area contributed by atoms with Gasteiger partial charge in [0.05, 0.1) is 6.42 Å². The number of ether oxygens (including phenoxy) is 3. The zero-order valence-corrected chi connectivity index (χ0v) is 36.6. The number of esters is 3. The molecule has 0 bridgehead atoms. The maximum Gasteiger partial charge on any atom is 0.309 e. The van der Waals surface area contributed by atoms with Crippen molar-refractivity contribution in [3.05, 3.63) is 60.8 Å². The predicted octanol–water partition coefficient (Wildman–Crippen LogP) is 14.9. The van der Waals surface area contributed by atoms with E-state index in [1.807, 2.05) is 6.08 Å². The van der Waals surface area contributed by atoms with Crippen LogP contribution in [0.2, 0.25) is 0 Å². The molecule has 56 heavy (non-hydrogen) atoms. The van der Waals surface area contributed by atoms with Crippen molar-refractivity contribution in [2.24, 2.45) is 0 Å². The lowest BCUT2D eigenvalue weighted by Gasteiger charge is -2.18. The molecule has 0 N–H and O–H groups in total. The second-order valence-electron chi connectivity index (χ2n) is 15.3. The number of hydrogen-bond donors (Lipinski definition) is 0. The third-order valence-electron chi connectivity index (χ3n) is 9.76. The van der Waals surface area contributed by atoms with Crippen LogP contribution in [0.3, 0.4) is 0 Å². The molecule has 0 saturated heterocycles. The van der Waals surface area contributed by atoms with E-state index in [1.165, 1.54) is 109 Å². The van der Waals surface area contributed by atoms with E-state index < -0.39 is 12.1 Å². The van der Waals surface area contributed by atoms with Gasteiger partial charge in [0.25, 0.3) is 0 Å². The maximum atomic E-state index is 12.7. The molecule has 0 aliphatic rings. The highest BCUT2D eigenvalue weighted by atomic mass is 16.6. The van der Waals surface area contributed by atoms with Gasteiger partial charge < -0.3 is 14.2 Å². The van der Waals surface area contributed by atoms with Crippen LogP contribution in [-0.2, 0) is 28.6 Å². The monoisotopic (exact) mass is 783 g/mol. The summed E-state index contributed by atoms with van der Waals surface area (Å²) < 4.78 is 16.6. The van der Waals surface area contributed by atoms with Crippen LogP contribution in [0.5, 0.6) is 0 Å². The lowest BCUT2D eigenvalue weighted by atomic mass is 10.1. The Morgan fingerprint density at radius 1 is 0.393 bits per heavy atom. The van der Waals surface area contributed by atoms with Crippen molar-refractivity contribution in [3.8, 4) is 0 Å². The SMILES string of the molecule is CC/C=C\C/C=C\C/C=C\CC(=O)OCC(COC(=O)CCCCCCCCC/C=C\CCCCCC)OC(=O)CCCCC/C=C\CCCCCCCCC. The van der Waals surface area contributed by atoms with Crippen molar-refractivity contribution in [3.63, 3.8) is 0 Å².